The highest BCUT2D eigenvalue weighted by atomic mass is 32.2. The zero-order chi connectivity index (χ0) is 26.3. The molecule has 0 aliphatic heterocycles. The lowest BCUT2D eigenvalue weighted by Crippen LogP contribution is -2.06. The average Bonchev–Trinajstić information content (AvgIpc) is 2.91. The molecule has 4 rings (SSSR count). The van der Waals surface area contributed by atoms with Crippen molar-refractivity contribution in [1.29, 1.82) is 0 Å². The van der Waals surface area contributed by atoms with E-state index < -0.39 is 10.1 Å². The van der Waals surface area contributed by atoms with Crippen LogP contribution in [0.25, 0.3) is 0 Å². The molecule has 0 saturated carbocycles. The van der Waals surface area contributed by atoms with Crippen LogP contribution >= 0.6 is 0 Å². The topological polar surface area (TPSA) is 72.8 Å². The van der Waals surface area contributed by atoms with E-state index in [0.29, 0.717) is 26.1 Å². The standard InChI is InChI=1S/C18H15S.C12H18O5S/c1-4-10-16(11-5-1)19(17-12-6-2-7-13-17)18-14-8-3-9-15-18;1-16-10-11-4-6-12(7-5-11)17-8-2-3-9-18(13,14)15/h1-15H;4-7H,2-3,8-10H2,1H3,(H,13,14,15)/q+1;. The fourth-order valence-electron chi connectivity index (χ4n) is 3.50. The molecule has 37 heavy (non-hydrogen) atoms. The van der Waals surface area contributed by atoms with E-state index in [-0.39, 0.29) is 16.6 Å². The van der Waals surface area contributed by atoms with Crippen LogP contribution < -0.4 is 4.74 Å². The van der Waals surface area contributed by atoms with Gasteiger partial charge in [-0.05, 0) is 66.9 Å². The summed E-state index contributed by atoms with van der Waals surface area (Å²) in [4.78, 5) is 4.08. The smallest absolute Gasteiger partial charge is 0.264 e. The zero-order valence-corrected chi connectivity index (χ0v) is 22.5. The predicted octanol–water partition coefficient (Wildman–Crippen LogP) is 6.66. The van der Waals surface area contributed by atoms with Crippen LogP contribution in [0.3, 0.4) is 0 Å². The second-order valence-corrected chi connectivity index (χ2v) is 11.8. The molecule has 0 heterocycles. The SMILES string of the molecule is COCc1ccc(OCCCCS(=O)(=O)O)cc1.c1ccc([S+](c2ccccc2)c2ccccc2)cc1. The lowest BCUT2D eigenvalue weighted by atomic mass is 10.2. The van der Waals surface area contributed by atoms with Gasteiger partial charge in [-0.1, -0.05) is 66.7 Å². The number of benzene rings is 4. The monoisotopic (exact) mass is 537 g/mol. The van der Waals surface area contributed by atoms with Crippen molar-refractivity contribution in [1.82, 2.24) is 0 Å². The van der Waals surface area contributed by atoms with Crippen molar-refractivity contribution in [3.05, 3.63) is 121 Å². The van der Waals surface area contributed by atoms with Gasteiger partial charge in [0.1, 0.15) is 5.75 Å². The summed E-state index contributed by atoms with van der Waals surface area (Å²) in [5.74, 6) is 0.519. The maximum atomic E-state index is 10.5. The Bertz CT molecular complexity index is 1170. The minimum absolute atomic E-state index is 0.0146. The second kappa shape index (κ2) is 15.2. The van der Waals surface area contributed by atoms with E-state index in [1.807, 2.05) is 24.3 Å². The minimum Gasteiger partial charge on any atom is -0.494 e. The van der Waals surface area contributed by atoms with Crippen molar-refractivity contribution in [3.8, 4) is 5.75 Å². The summed E-state index contributed by atoms with van der Waals surface area (Å²) in [6, 6.07) is 39.7. The van der Waals surface area contributed by atoms with Crippen LogP contribution in [-0.4, -0.2) is 32.4 Å². The largest absolute Gasteiger partial charge is 0.494 e. The minimum atomic E-state index is -3.85. The van der Waals surface area contributed by atoms with Gasteiger partial charge in [0.2, 0.25) is 0 Å². The number of ether oxygens (including phenoxy) is 2. The van der Waals surface area contributed by atoms with Crippen molar-refractivity contribution in [2.75, 3.05) is 19.5 Å². The van der Waals surface area contributed by atoms with Gasteiger partial charge in [-0.3, -0.25) is 4.55 Å². The Morgan fingerprint density at radius 1 is 0.676 bits per heavy atom. The molecule has 0 atom stereocenters. The molecule has 0 amide bonds. The van der Waals surface area contributed by atoms with Crippen LogP contribution in [-0.2, 0) is 32.4 Å². The maximum Gasteiger partial charge on any atom is 0.264 e. The summed E-state index contributed by atoms with van der Waals surface area (Å²) in [6.45, 7) is 0.994. The number of methoxy groups -OCH3 is 1. The van der Waals surface area contributed by atoms with Gasteiger partial charge < -0.3 is 9.47 Å². The van der Waals surface area contributed by atoms with Crippen molar-refractivity contribution < 1.29 is 22.4 Å². The van der Waals surface area contributed by atoms with E-state index >= 15 is 0 Å². The first-order chi connectivity index (χ1) is 18.0. The highest BCUT2D eigenvalue weighted by Crippen LogP contribution is 2.30. The number of hydrogen-bond donors (Lipinski definition) is 1. The molecule has 5 nitrogen and oxygen atoms in total. The molecule has 0 unspecified atom stereocenters. The average molecular weight is 538 g/mol. The van der Waals surface area contributed by atoms with Crippen molar-refractivity contribution >= 4 is 21.0 Å². The Kier molecular flexibility index (Phi) is 11.7. The van der Waals surface area contributed by atoms with E-state index in [9.17, 15) is 8.42 Å². The van der Waals surface area contributed by atoms with Crippen LogP contribution in [0, 0.1) is 0 Å². The molecular weight excluding hydrogens is 504 g/mol. The van der Waals surface area contributed by atoms with Crippen LogP contribution in [0.5, 0.6) is 5.75 Å². The Morgan fingerprint density at radius 2 is 1.14 bits per heavy atom. The maximum absolute atomic E-state index is 10.5. The molecule has 0 bridgehead atoms. The van der Waals surface area contributed by atoms with Gasteiger partial charge in [0, 0.05) is 7.11 Å². The molecule has 0 aromatic heterocycles. The number of unbranched alkanes of at least 4 members (excludes halogenated alkanes) is 1. The molecule has 1 N–H and O–H groups in total. The number of rotatable bonds is 11. The molecular formula is C30H33O5S2+. The van der Waals surface area contributed by atoms with E-state index in [1.54, 1.807) is 7.11 Å². The fourth-order valence-corrected chi connectivity index (χ4v) is 6.18. The van der Waals surface area contributed by atoms with Crippen LogP contribution in [0.15, 0.2) is 130 Å². The van der Waals surface area contributed by atoms with Gasteiger partial charge in [0.15, 0.2) is 14.7 Å². The normalized spacial score (nSPS) is 11.0. The fraction of sp³-hybridized carbons (Fsp3) is 0.200. The summed E-state index contributed by atoms with van der Waals surface area (Å²) in [7, 11) is -2.23. The third kappa shape index (κ3) is 10.4. The summed E-state index contributed by atoms with van der Waals surface area (Å²) in [5, 5.41) is 0. The Labute approximate surface area is 223 Å². The van der Waals surface area contributed by atoms with Crippen LogP contribution in [0.2, 0.25) is 0 Å². The highest BCUT2D eigenvalue weighted by Gasteiger charge is 2.27. The molecule has 0 fully saturated rings. The molecule has 4 aromatic rings. The van der Waals surface area contributed by atoms with E-state index in [0.717, 1.165) is 11.3 Å². The summed E-state index contributed by atoms with van der Waals surface area (Å²) in [6.07, 6.45) is 0.972. The predicted molar refractivity (Wildman–Crippen MR) is 150 cm³/mol. The van der Waals surface area contributed by atoms with Crippen molar-refractivity contribution in [2.24, 2.45) is 0 Å². The number of hydrogen-bond acceptors (Lipinski definition) is 4. The molecule has 0 aliphatic rings. The third-order valence-corrected chi connectivity index (χ3v) is 8.27. The lowest BCUT2D eigenvalue weighted by Gasteiger charge is -2.07. The Morgan fingerprint density at radius 3 is 1.54 bits per heavy atom. The zero-order valence-electron chi connectivity index (χ0n) is 20.9. The van der Waals surface area contributed by atoms with Gasteiger partial charge >= 0.3 is 0 Å². The van der Waals surface area contributed by atoms with Gasteiger partial charge in [-0.15, -0.1) is 0 Å². The molecule has 0 radical (unpaired) electrons. The van der Waals surface area contributed by atoms with E-state index in [2.05, 4.69) is 91.0 Å². The second-order valence-electron chi connectivity index (χ2n) is 8.16. The Balaban J connectivity index is 0.000000206. The molecule has 0 spiro atoms. The van der Waals surface area contributed by atoms with E-state index in [1.165, 1.54) is 14.7 Å². The van der Waals surface area contributed by atoms with Gasteiger partial charge in [0.25, 0.3) is 10.1 Å². The van der Waals surface area contributed by atoms with Crippen molar-refractivity contribution in [2.45, 2.75) is 34.1 Å². The molecule has 0 aliphatic carbocycles. The van der Waals surface area contributed by atoms with Crippen LogP contribution in [0.4, 0.5) is 0 Å². The first-order valence-corrected chi connectivity index (χ1v) is 14.8. The molecule has 0 saturated heterocycles. The van der Waals surface area contributed by atoms with Gasteiger partial charge in [-0.2, -0.15) is 8.42 Å². The van der Waals surface area contributed by atoms with E-state index in [4.69, 9.17) is 14.0 Å². The first-order valence-electron chi connectivity index (χ1n) is 12.0. The Hall–Kier alpha value is -3.10. The summed E-state index contributed by atoms with van der Waals surface area (Å²) >= 11 is 0. The van der Waals surface area contributed by atoms with Gasteiger partial charge in [0.05, 0.1) is 29.9 Å². The summed E-state index contributed by atoms with van der Waals surface area (Å²) < 4.78 is 39.9. The van der Waals surface area contributed by atoms with Crippen LogP contribution in [0.1, 0.15) is 18.4 Å². The highest BCUT2D eigenvalue weighted by molar-refractivity contribution is 7.97. The lowest BCUT2D eigenvalue weighted by molar-refractivity contribution is 0.185. The molecule has 7 heteroatoms. The van der Waals surface area contributed by atoms with Gasteiger partial charge in [-0.25, -0.2) is 0 Å². The molecule has 4 aromatic carbocycles. The third-order valence-electron chi connectivity index (χ3n) is 5.24. The summed E-state index contributed by atoms with van der Waals surface area (Å²) in [5.41, 5.74) is 1.07. The quantitative estimate of drug-likeness (QED) is 0.132. The first kappa shape index (κ1) is 28.5. The molecule has 194 valence electrons. The van der Waals surface area contributed by atoms with Crippen molar-refractivity contribution in [3.63, 3.8) is 0 Å².